The van der Waals surface area contributed by atoms with Gasteiger partial charge in [0.2, 0.25) is 5.91 Å². The second kappa shape index (κ2) is 6.50. The first-order chi connectivity index (χ1) is 12.1. The third kappa shape index (κ3) is 2.90. The first-order valence-electron chi connectivity index (χ1n) is 9.10. The summed E-state index contributed by atoms with van der Waals surface area (Å²) in [5.74, 6) is 0.0389. The molecule has 0 saturated carbocycles. The van der Waals surface area contributed by atoms with Gasteiger partial charge in [-0.15, -0.1) is 0 Å². The molecule has 2 atom stereocenters. The Hall–Kier alpha value is -2.37. The van der Waals surface area contributed by atoms with Crippen molar-refractivity contribution in [2.24, 2.45) is 0 Å². The van der Waals surface area contributed by atoms with Crippen LogP contribution in [0.5, 0.6) is 0 Å². The van der Waals surface area contributed by atoms with Gasteiger partial charge in [0.15, 0.2) is 0 Å². The van der Waals surface area contributed by atoms with E-state index in [2.05, 4.69) is 0 Å². The standard InChI is InChI=1S/C19H23N3O3/c23-17(9-8-14-5-2-1-3-6-14)20-12-10-15(13-20)22-18(24)16-7-4-11-21(16)19(22)25/h1-3,5-6,15-16H,4,7-13H2/t15-,16-/m0/s1. The van der Waals surface area contributed by atoms with Gasteiger partial charge >= 0.3 is 6.03 Å². The number of hydrogen-bond acceptors (Lipinski definition) is 3. The highest BCUT2D eigenvalue weighted by Crippen LogP contribution is 2.31. The summed E-state index contributed by atoms with van der Waals surface area (Å²) in [5, 5.41) is 0. The van der Waals surface area contributed by atoms with E-state index >= 15 is 0 Å². The van der Waals surface area contributed by atoms with E-state index in [0.717, 1.165) is 24.8 Å². The number of imide groups is 1. The summed E-state index contributed by atoms with van der Waals surface area (Å²) in [6, 6.07) is 9.39. The summed E-state index contributed by atoms with van der Waals surface area (Å²) in [6.45, 7) is 1.78. The fourth-order valence-corrected chi connectivity index (χ4v) is 4.21. The molecule has 6 nitrogen and oxygen atoms in total. The Labute approximate surface area is 147 Å². The number of aryl methyl sites for hydroxylation is 1. The average Bonchev–Trinajstić information content (AvgIpc) is 3.33. The molecule has 25 heavy (non-hydrogen) atoms. The highest BCUT2D eigenvalue weighted by molar-refractivity contribution is 6.05. The van der Waals surface area contributed by atoms with Crippen LogP contribution < -0.4 is 0 Å². The molecular formula is C19H23N3O3. The van der Waals surface area contributed by atoms with Gasteiger partial charge in [0.05, 0.1) is 6.04 Å². The van der Waals surface area contributed by atoms with E-state index in [1.807, 2.05) is 30.3 Å². The topological polar surface area (TPSA) is 60.9 Å². The summed E-state index contributed by atoms with van der Waals surface area (Å²) in [5.41, 5.74) is 1.15. The molecule has 3 saturated heterocycles. The van der Waals surface area contributed by atoms with E-state index < -0.39 is 0 Å². The summed E-state index contributed by atoms with van der Waals surface area (Å²) in [6.07, 6.45) is 3.55. The molecule has 3 aliphatic rings. The summed E-state index contributed by atoms with van der Waals surface area (Å²) >= 11 is 0. The van der Waals surface area contributed by atoms with Crippen molar-refractivity contribution in [1.82, 2.24) is 14.7 Å². The predicted molar refractivity (Wildman–Crippen MR) is 91.7 cm³/mol. The number of carbonyl (C=O) groups excluding carboxylic acids is 3. The van der Waals surface area contributed by atoms with Crippen LogP contribution in [-0.2, 0) is 16.0 Å². The minimum atomic E-state index is -0.254. The van der Waals surface area contributed by atoms with Crippen LogP contribution in [0.3, 0.4) is 0 Å². The molecule has 0 N–H and O–H groups in total. The molecule has 4 amide bonds. The van der Waals surface area contributed by atoms with Gasteiger partial charge in [-0.2, -0.15) is 0 Å². The summed E-state index contributed by atoms with van der Waals surface area (Å²) < 4.78 is 0. The maximum atomic E-state index is 12.5. The average molecular weight is 341 g/mol. The smallest absolute Gasteiger partial charge is 0.327 e. The Bertz CT molecular complexity index is 668. The van der Waals surface area contributed by atoms with Crippen LogP contribution in [0, 0.1) is 0 Å². The lowest BCUT2D eigenvalue weighted by Gasteiger charge is -2.23. The second-order valence-corrected chi connectivity index (χ2v) is 7.11. The Morgan fingerprint density at radius 1 is 1.08 bits per heavy atom. The lowest BCUT2D eigenvalue weighted by molar-refractivity contribution is -0.132. The molecule has 0 aromatic heterocycles. The number of benzene rings is 1. The van der Waals surface area contributed by atoms with Crippen molar-refractivity contribution in [3.05, 3.63) is 35.9 Å². The van der Waals surface area contributed by atoms with Gasteiger partial charge in [-0.05, 0) is 31.2 Å². The van der Waals surface area contributed by atoms with Crippen molar-refractivity contribution in [3.8, 4) is 0 Å². The number of amides is 4. The normalized spacial score (nSPS) is 25.8. The van der Waals surface area contributed by atoms with Crippen molar-refractivity contribution in [2.45, 2.75) is 44.2 Å². The van der Waals surface area contributed by atoms with Gasteiger partial charge in [-0.25, -0.2) is 4.79 Å². The lowest BCUT2D eigenvalue weighted by atomic mass is 10.1. The first-order valence-corrected chi connectivity index (χ1v) is 9.10. The van der Waals surface area contributed by atoms with Gasteiger partial charge in [0.25, 0.3) is 5.91 Å². The zero-order chi connectivity index (χ0) is 17.4. The van der Waals surface area contributed by atoms with E-state index in [-0.39, 0.29) is 29.9 Å². The van der Waals surface area contributed by atoms with Crippen LogP contribution in [0.15, 0.2) is 30.3 Å². The number of urea groups is 1. The Morgan fingerprint density at radius 2 is 1.88 bits per heavy atom. The lowest BCUT2D eigenvalue weighted by Crippen LogP contribution is -2.44. The molecule has 4 rings (SSSR count). The van der Waals surface area contributed by atoms with Crippen LogP contribution in [-0.4, -0.2) is 64.3 Å². The second-order valence-electron chi connectivity index (χ2n) is 7.11. The summed E-state index contributed by atoms with van der Waals surface area (Å²) in [4.78, 5) is 42.4. The molecule has 3 heterocycles. The van der Waals surface area contributed by atoms with Crippen molar-refractivity contribution in [2.75, 3.05) is 19.6 Å². The van der Waals surface area contributed by atoms with E-state index in [4.69, 9.17) is 0 Å². The Kier molecular flexibility index (Phi) is 4.19. The van der Waals surface area contributed by atoms with Crippen molar-refractivity contribution in [3.63, 3.8) is 0 Å². The van der Waals surface area contributed by atoms with Crippen LogP contribution in [0.1, 0.15) is 31.2 Å². The summed E-state index contributed by atoms with van der Waals surface area (Å²) in [7, 11) is 0. The highest BCUT2D eigenvalue weighted by atomic mass is 16.2. The van der Waals surface area contributed by atoms with Crippen LogP contribution >= 0.6 is 0 Å². The van der Waals surface area contributed by atoms with Crippen molar-refractivity contribution >= 4 is 17.8 Å². The fourth-order valence-electron chi connectivity index (χ4n) is 4.21. The molecule has 6 heteroatoms. The number of nitrogens with zero attached hydrogens (tertiary/aromatic N) is 3. The van der Waals surface area contributed by atoms with Crippen molar-refractivity contribution in [1.29, 1.82) is 0 Å². The first kappa shape index (κ1) is 16.1. The zero-order valence-electron chi connectivity index (χ0n) is 14.3. The van der Waals surface area contributed by atoms with E-state index in [1.54, 1.807) is 9.80 Å². The molecule has 0 radical (unpaired) electrons. The van der Waals surface area contributed by atoms with Gasteiger partial charge in [0, 0.05) is 26.1 Å². The molecule has 0 spiro atoms. The van der Waals surface area contributed by atoms with Gasteiger partial charge in [0.1, 0.15) is 6.04 Å². The Morgan fingerprint density at radius 3 is 2.64 bits per heavy atom. The molecule has 1 aromatic carbocycles. The maximum Gasteiger partial charge on any atom is 0.327 e. The maximum absolute atomic E-state index is 12.5. The number of hydrogen-bond donors (Lipinski definition) is 0. The number of carbonyl (C=O) groups is 3. The van der Waals surface area contributed by atoms with Gasteiger partial charge < -0.3 is 9.80 Å². The fraction of sp³-hybridized carbons (Fsp3) is 0.526. The largest absolute Gasteiger partial charge is 0.341 e. The van der Waals surface area contributed by atoms with Crippen LogP contribution in [0.4, 0.5) is 4.79 Å². The molecule has 3 fully saturated rings. The van der Waals surface area contributed by atoms with Gasteiger partial charge in [-0.3, -0.25) is 14.5 Å². The predicted octanol–water partition coefficient (Wildman–Crippen LogP) is 1.65. The minimum absolute atomic E-state index is 0.0638. The zero-order valence-corrected chi connectivity index (χ0v) is 14.3. The molecule has 3 aliphatic heterocycles. The van der Waals surface area contributed by atoms with E-state index in [1.165, 1.54) is 4.90 Å². The van der Waals surface area contributed by atoms with Crippen LogP contribution in [0.2, 0.25) is 0 Å². The minimum Gasteiger partial charge on any atom is -0.341 e. The molecule has 0 bridgehead atoms. The van der Waals surface area contributed by atoms with Crippen molar-refractivity contribution < 1.29 is 14.4 Å². The van der Waals surface area contributed by atoms with E-state index in [0.29, 0.717) is 32.5 Å². The Balaban J connectivity index is 1.34. The monoisotopic (exact) mass is 341 g/mol. The number of likely N-dealkylation sites (tertiary alicyclic amines) is 1. The quantitative estimate of drug-likeness (QED) is 0.783. The highest BCUT2D eigenvalue weighted by Gasteiger charge is 2.51. The number of rotatable bonds is 4. The van der Waals surface area contributed by atoms with E-state index in [9.17, 15) is 14.4 Å². The molecular weight excluding hydrogens is 318 g/mol. The SMILES string of the molecule is O=C(CCc1ccccc1)N1CC[C@H](N2C(=O)[C@@H]3CCCN3C2=O)C1. The number of fused-ring (bicyclic) bond motifs is 1. The third-order valence-corrected chi connectivity index (χ3v) is 5.58. The molecule has 0 aliphatic carbocycles. The molecule has 0 unspecified atom stereocenters. The third-order valence-electron chi connectivity index (χ3n) is 5.58. The van der Waals surface area contributed by atoms with Gasteiger partial charge in [-0.1, -0.05) is 30.3 Å². The molecule has 1 aromatic rings. The van der Waals surface area contributed by atoms with Crippen LogP contribution in [0.25, 0.3) is 0 Å². The molecule has 132 valence electrons.